The highest BCUT2D eigenvalue weighted by atomic mass is 127. The van der Waals surface area contributed by atoms with Gasteiger partial charge in [0, 0.05) is 8.96 Å². The molecule has 2 aromatic carbocycles. The van der Waals surface area contributed by atoms with E-state index < -0.39 is 8.32 Å². The van der Waals surface area contributed by atoms with Gasteiger partial charge in [0.25, 0.3) is 8.32 Å². The van der Waals surface area contributed by atoms with E-state index in [1.165, 1.54) is 14.3 Å². The largest absolute Gasteiger partial charge is 0.543 e. The van der Waals surface area contributed by atoms with Crippen molar-refractivity contribution < 1.29 is 4.43 Å². The number of halogens is 1. The molecule has 0 aliphatic heterocycles. The minimum atomic E-state index is -1.78. The number of hydrogen-bond donors (Lipinski definition) is 0. The average molecular weight is 384 g/mol. The van der Waals surface area contributed by atoms with Crippen LogP contribution in [0.1, 0.15) is 20.8 Å². The maximum Gasteiger partial charge on any atom is 0.250 e. The monoisotopic (exact) mass is 384 g/mol. The van der Waals surface area contributed by atoms with Gasteiger partial charge in [-0.05, 0) is 58.2 Å². The Balaban J connectivity index is 2.51. The highest BCUT2D eigenvalue weighted by Crippen LogP contribution is 2.39. The molecule has 0 N–H and O–H groups in total. The van der Waals surface area contributed by atoms with Crippen molar-refractivity contribution in [2.24, 2.45) is 0 Å². The van der Waals surface area contributed by atoms with Crippen LogP contribution in [0.2, 0.25) is 18.1 Å². The van der Waals surface area contributed by atoms with Gasteiger partial charge < -0.3 is 4.43 Å². The quantitative estimate of drug-likeness (QED) is 0.468. The van der Waals surface area contributed by atoms with Crippen LogP contribution in [0.3, 0.4) is 0 Å². The van der Waals surface area contributed by atoms with Crippen LogP contribution in [-0.4, -0.2) is 8.32 Å². The van der Waals surface area contributed by atoms with Crippen LogP contribution in [0.5, 0.6) is 5.75 Å². The van der Waals surface area contributed by atoms with E-state index in [1.54, 1.807) is 0 Å². The topological polar surface area (TPSA) is 9.23 Å². The summed E-state index contributed by atoms with van der Waals surface area (Å²) < 4.78 is 7.74. The Kier molecular flexibility index (Phi) is 3.98. The highest BCUT2D eigenvalue weighted by molar-refractivity contribution is 14.1. The molecule has 0 amide bonds. The molecular formula is C16H21IOSi. The molecular weight excluding hydrogens is 363 g/mol. The van der Waals surface area contributed by atoms with Gasteiger partial charge in [0.05, 0.1) is 0 Å². The summed E-state index contributed by atoms with van der Waals surface area (Å²) >= 11 is 2.38. The van der Waals surface area contributed by atoms with Crippen molar-refractivity contribution in [3.05, 3.63) is 40.0 Å². The van der Waals surface area contributed by atoms with E-state index in [1.807, 2.05) is 0 Å². The van der Waals surface area contributed by atoms with Crippen LogP contribution in [0, 0.1) is 3.57 Å². The molecule has 0 saturated carbocycles. The molecule has 19 heavy (non-hydrogen) atoms. The lowest BCUT2D eigenvalue weighted by Gasteiger charge is -2.36. The first-order valence-corrected chi connectivity index (χ1v) is 10.6. The zero-order valence-electron chi connectivity index (χ0n) is 12.3. The second-order valence-electron chi connectivity index (χ2n) is 6.45. The van der Waals surface area contributed by atoms with Gasteiger partial charge in [-0.25, -0.2) is 0 Å². The summed E-state index contributed by atoms with van der Waals surface area (Å²) in [5.74, 6) is 1.03. The van der Waals surface area contributed by atoms with Gasteiger partial charge in [0.1, 0.15) is 5.75 Å². The van der Waals surface area contributed by atoms with Crippen molar-refractivity contribution in [1.82, 2.24) is 0 Å². The third-order valence-electron chi connectivity index (χ3n) is 4.00. The Morgan fingerprint density at radius 2 is 1.53 bits per heavy atom. The summed E-state index contributed by atoms with van der Waals surface area (Å²) in [7, 11) is -1.78. The maximum absolute atomic E-state index is 6.47. The second kappa shape index (κ2) is 5.09. The fourth-order valence-corrected chi connectivity index (χ4v) is 3.44. The summed E-state index contributed by atoms with van der Waals surface area (Å²) in [5.41, 5.74) is 0. The predicted molar refractivity (Wildman–Crippen MR) is 94.5 cm³/mol. The van der Waals surface area contributed by atoms with E-state index in [9.17, 15) is 0 Å². The zero-order valence-corrected chi connectivity index (χ0v) is 15.4. The Labute approximate surface area is 130 Å². The summed E-state index contributed by atoms with van der Waals surface area (Å²) in [6.07, 6.45) is 0. The molecule has 0 radical (unpaired) electrons. The van der Waals surface area contributed by atoms with Crippen LogP contribution in [0.4, 0.5) is 0 Å². The summed E-state index contributed by atoms with van der Waals surface area (Å²) in [6, 6.07) is 12.7. The molecule has 0 unspecified atom stereocenters. The van der Waals surface area contributed by atoms with E-state index in [2.05, 4.69) is 92.9 Å². The molecule has 0 atom stereocenters. The standard InChI is InChI=1S/C16H21IOSi/c1-16(2,3)19(4,5)18-15-11-10-14(17)12-8-6-7-9-13(12)15/h6-11H,1-5H3. The van der Waals surface area contributed by atoms with Gasteiger partial charge in [0.15, 0.2) is 0 Å². The van der Waals surface area contributed by atoms with Crippen molar-refractivity contribution in [3.63, 3.8) is 0 Å². The minimum Gasteiger partial charge on any atom is -0.543 e. The normalized spacial score (nSPS) is 12.7. The lowest BCUT2D eigenvalue weighted by atomic mass is 10.1. The molecule has 0 aromatic heterocycles. The smallest absolute Gasteiger partial charge is 0.250 e. The fraction of sp³-hybridized carbons (Fsp3) is 0.375. The van der Waals surface area contributed by atoms with Gasteiger partial charge in [-0.2, -0.15) is 0 Å². The number of rotatable bonds is 2. The SMILES string of the molecule is CC(C)(C)[Si](C)(C)Oc1ccc(I)c2ccccc12. The first-order valence-electron chi connectivity index (χ1n) is 6.59. The molecule has 3 heteroatoms. The van der Waals surface area contributed by atoms with Crippen LogP contribution < -0.4 is 4.43 Å². The molecule has 0 heterocycles. The summed E-state index contributed by atoms with van der Waals surface area (Å²) in [4.78, 5) is 0. The van der Waals surface area contributed by atoms with Crippen molar-refractivity contribution in [2.45, 2.75) is 38.9 Å². The third-order valence-corrected chi connectivity index (χ3v) is 9.29. The molecule has 1 nitrogen and oxygen atoms in total. The second-order valence-corrected chi connectivity index (χ2v) is 12.3. The predicted octanol–water partition coefficient (Wildman–Crippen LogP) is 5.83. The van der Waals surface area contributed by atoms with Crippen LogP contribution in [-0.2, 0) is 0 Å². The fourth-order valence-electron chi connectivity index (χ4n) is 1.75. The number of hydrogen-bond acceptors (Lipinski definition) is 1. The number of benzene rings is 2. The van der Waals surface area contributed by atoms with E-state index in [4.69, 9.17) is 4.43 Å². The Hall–Kier alpha value is -0.553. The van der Waals surface area contributed by atoms with E-state index >= 15 is 0 Å². The molecule has 0 saturated heterocycles. The lowest BCUT2D eigenvalue weighted by Crippen LogP contribution is -2.43. The Morgan fingerprint density at radius 3 is 2.11 bits per heavy atom. The van der Waals surface area contributed by atoms with Crippen LogP contribution in [0.15, 0.2) is 36.4 Å². The molecule has 0 bridgehead atoms. The van der Waals surface area contributed by atoms with Gasteiger partial charge in [-0.1, -0.05) is 45.0 Å². The van der Waals surface area contributed by atoms with E-state index in [-0.39, 0.29) is 5.04 Å². The van der Waals surface area contributed by atoms with Crippen LogP contribution in [0.25, 0.3) is 10.8 Å². The molecule has 2 rings (SSSR count). The molecule has 0 fully saturated rings. The lowest BCUT2D eigenvalue weighted by molar-refractivity contribution is 0.496. The summed E-state index contributed by atoms with van der Waals surface area (Å²) in [5, 5.41) is 2.72. The third kappa shape index (κ3) is 2.97. The van der Waals surface area contributed by atoms with Gasteiger partial charge >= 0.3 is 0 Å². The van der Waals surface area contributed by atoms with Crippen molar-refractivity contribution in [3.8, 4) is 5.75 Å². The van der Waals surface area contributed by atoms with Crippen molar-refractivity contribution in [1.29, 1.82) is 0 Å². The van der Waals surface area contributed by atoms with Gasteiger partial charge in [0.2, 0.25) is 0 Å². The first-order chi connectivity index (χ1) is 8.72. The molecule has 0 spiro atoms. The molecule has 0 aliphatic carbocycles. The van der Waals surface area contributed by atoms with Crippen molar-refractivity contribution >= 4 is 41.7 Å². The maximum atomic E-state index is 6.47. The minimum absolute atomic E-state index is 0.219. The zero-order chi connectivity index (χ0) is 14.3. The molecule has 102 valence electrons. The van der Waals surface area contributed by atoms with E-state index in [0.29, 0.717) is 0 Å². The van der Waals surface area contributed by atoms with E-state index in [0.717, 1.165) is 5.75 Å². The molecule has 0 aliphatic rings. The highest BCUT2D eigenvalue weighted by Gasteiger charge is 2.39. The molecule has 2 aromatic rings. The van der Waals surface area contributed by atoms with Crippen molar-refractivity contribution in [2.75, 3.05) is 0 Å². The number of fused-ring (bicyclic) bond motifs is 1. The Bertz CT molecular complexity index is 599. The first kappa shape index (κ1) is 14.8. The van der Waals surface area contributed by atoms with Crippen LogP contribution >= 0.6 is 22.6 Å². The van der Waals surface area contributed by atoms with Gasteiger partial charge in [-0.15, -0.1) is 0 Å². The Morgan fingerprint density at radius 1 is 0.947 bits per heavy atom. The average Bonchev–Trinajstić information content (AvgIpc) is 2.32. The summed E-state index contributed by atoms with van der Waals surface area (Å²) in [6.45, 7) is 11.4. The van der Waals surface area contributed by atoms with Gasteiger partial charge in [-0.3, -0.25) is 0 Å².